The van der Waals surface area contributed by atoms with E-state index in [1.807, 2.05) is 18.3 Å². The van der Waals surface area contributed by atoms with Gasteiger partial charge >= 0.3 is 0 Å². The third-order valence-corrected chi connectivity index (χ3v) is 7.06. The molecule has 4 heteroatoms. The van der Waals surface area contributed by atoms with Gasteiger partial charge in [0.2, 0.25) is 5.91 Å². The standard InChI is InChI=1S/C25H39N3O/c1-20-6-4-13-25(2,3)23(20)12-17-28-15-10-21(11-16-28)8-9-24(29)27-19-22-7-5-14-26-18-22/h5,7,14,18,21H,4,6,8-13,15-17,19H2,1-3H3,(H,27,29). The number of hydrogen-bond acceptors (Lipinski definition) is 3. The summed E-state index contributed by atoms with van der Waals surface area (Å²) in [4.78, 5) is 18.9. The number of carbonyl (C=O) groups is 1. The molecule has 1 fully saturated rings. The fraction of sp³-hybridized carbons (Fsp3) is 0.680. The average molecular weight is 398 g/mol. The number of amides is 1. The number of aromatic nitrogens is 1. The summed E-state index contributed by atoms with van der Waals surface area (Å²) in [5.74, 6) is 0.862. The van der Waals surface area contributed by atoms with Crippen LogP contribution in [0.3, 0.4) is 0 Å². The number of nitrogens with zero attached hydrogens (tertiary/aromatic N) is 2. The topological polar surface area (TPSA) is 45.2 Å². The van der Waals surface area contributed by atoms with Crippen LogP contribution < -0.4 is 5.32 Å². The van der Waals surface area contributed by atoms with Crippen LogP contribution in [0.1, 0.15) is 77.7 Å². The van der Waals surface area contributed by atoms with Crippen molar-refractivity contribution in [2.24, 2.45) is 11.3 Å². The molecule has 4 nitrogen and oxygen atoms in total. The Morgan fingerprint density at radius 3 is 2.79 bits per heavy atom. The lowest BCUT2D eigenvalue weighted by Gasteiger charge is -2.37. The van der Waals surface area contributed by atoms with Crippen LogP contribution in [0.25, 0.3) is 0 Å². The fourth-order valence-corrected chi connectivity index (χ4v) is 5.12. The molecule has 0 atom stereocenters. The van der Waals surface area contributed by atoms with Gasteiger partial charge in [-0.2, -0.15) is 0 Å². The zero-order valence-corrected chi connectivity index (χ0v) is 18.7. The summed E-state index contributed by atoms with van der Waals surface area (Å²) in [6.07, 6.45) is 12.9. The first kappa shape index (κ1) is 22.0. The molecular formula is C25H39N3O. The third-order valence-electron chi connectivity index (χ3n) is 7.06. The Morgan fingerprint density at radius 2 is 2.10 bits per heavy atom. The maximum Gasteiger partial charge on any atom is 0.220 e. The number of nitrogens with one attached hydrogen (secondary N) is 1. The van der Waals surface area contributed by atoms with Crippen molar-refractivity contribution in [1.29, 1.82) is 0 Å². The Kier molecular flexibility index (Phi) is 7.88. The highest BCUT2D eigenvalue weighted by molar-refractivity contribution is 5.75. The number of rotatable bonds is 8. The van der Waals surface area contributed by atoms with E-state index in [2.05, 4.69) is 36.0 Å². The Balaban J connectivity index is 1.33. The molecule has 1 aliphatic heterocycles. The van der Waals surface area contributed by atoms with Crippen LogP contribution in [-0.4, -0.2) is 35.4 Å². The van der Waals surface area contributed by atoms with Crippen molar-refractivity contribution in [3.8, 4) is 0 Å². The van der Waals surface area contributed by atoms with Crippen molar-refractivity contribution in [1.82, 2.24) is 15.2 Å². The SMILES string of the molecule is CC1=C(CCN2CCC(CCC(=O)NCc3cccnc3)CC2)C(C)(C)CCC1. The lowest BCUT2D eigenvalue weighted by atomic mass is 9.71. The third kappa shape index (κ3) is 6.67. The molecule has 1 aromatic rings. The zero-order valence-electron chi connectivity index (χ0n) is 18.7. The van der Waals surface area contributed by atoms with Crippen molar-refractivity contribution in [2.45, 2.75) is 78.7 Å². The molecule has 160 valence electrons. The van der Waals surface area contributed by atoms with Crippen LogP contribution in [0, 0.1) is 11.3 Å². The summed E-state index contributed by atoms with van der Waals surface area (Å²) in [6, 6.07) is 3.90. The molecule has 1 aliphatic carbocycles. The highest BCUT2D eigenvalue weighted by atomic mass is 16.1. The summed E-state index contributed by atoms with van der Waals surface area (Å²) in [6.45, 7) is 11.4. The summed E-state index contributed by atoms with van der Waals surface area (Å²) in [5.41, 5.74) is 4.81. The van der Waals surface area contributed by atoms with Crippen LogP contribution in [-0.2, 0) is 11.3 Å². The lowest BCUT2D eigenvalue weighted by molar-refractivity contribution is -0.121. The monoisotopic (exact) mass is 397 g/mol. The predicted octanol–water partition coefficient (Wildman–Crippen LogP) is 5.11. The quantitative estimate of drug-likeness (QED) is 0.620. The minimum absolute atomic E-state index is 0.165. The number of allylic oxidation sites excluding steroid dienone is 1. The molecule has 3 rings (SSSR count). The van der Waals surface area contributed by atoms with Gasteiger partial charge in [0.25, 0.3) is 0 Å². The molecule has 0 aromatic carbocycles. The van der Waals surface area contributed by atoms with Crippen molar-refractivity contribution < 1.29 is 4.79 Å². The molecule has 2 heterocycles. The van der Waals surface area contributed by atoms with Gasteiger partial charge in [-0.3, -0.25) is 9.78 Å². The molecule has 1 N–H and O–H groups in total. The molecule has 29 heavy (non-hydrogen) atoms. The van der Waals surface area contributed by atoms with E-state index in [1.54, 1.807) is 17.3 Å². The molecule has 1 saturated heterocycles. The first-order chi connectivity index (χ1) is 13.9. The van der Waals surface area contributed by atoms with Crippen LogP contribution in [0.5, 0.6) is 0 Å². The second kappa shape index (κ2) is 10.4. The molecular weight excluding hydrogens is 358 g/mol. The van der Waals surface area contributed by atoms with E-state index in [1.165, 1.54) is 58.2 Å². The second-order valence-corrected chi connectivity index (χ2v) is 9.71. The van der Waals surface area contributed by atoms with E-state index in [0.29, 0.717) is 24.3 Å². The van der Waals surface area contributed by atoms with Crippen LogP contribution in [0.15, 0.2) is 35.7 Å². The van der Waals surface area contributed by atoms with E-state index in [0.717, 1.165) is 12.0 Å². The number of piperidine rings is 1. The van der Waals surface area contributed by atoms with E-state index in [4.69, 9.17) is 0 Å². The van der Waals surface area contributed by atoms with Gasteiger partial charge < -0.3 is 10.2 Å². The highest BCUT2D eigenvalue weighted by Crippen LogP contribution is 2.41. The van der Waals surface area contributed by atoms with E-state index < -0.39 is 0 Å². The summed E-state index contributed by atoms with van der Waals surface area (Å²) >= 11 is 0. The van der Waals surface area contributed by atoms with Gasteiger partial charge in [0.1, 0.15) is 0 Å². The van der Waals surface area contributed by atoms with Gasteiger partial charge in [-0.05, 0) is 87.9 Å². The molecule has 0 bridgehead atoms. The van der Waals surface area contributed by atoms with Crippen molar-refractivity contribution >= 4 is 5.91 Å². The Labute approximate surface area is 177 Å². The van der Waals surface area contributed by atoms with E-state index in [9.17, 15) is 4.79 Å². The summed E-state index contributed by atoms with van der Waals surface area (Å²) in [7, 11) is 0. The minimum Gasteiger partial charge on any atom is -0.352 e. The first-order valence-corrected chi connectivity index (χ1v) is 11.5. The number of likely N-dealkylation sites (tertiary alicyclic amines) is 1. The van der Waals surface area contributed by atoms with Crippen molar-refractivity contribution in [3.05, 3.63) is 41.2 Å². The summed E-state index contributed by atoms with van der Waals surface area (Å²) in [5, 5.41) is 3.02. The van der Waals surface area contributed by atoms with Crippen LogP contribution >= 0.6 is 0 Å². The number of carbonyl (C=O) groups excluding carboxylic acids is 1. The van der Waals surface area contributed by atoms with Gasteiger partial charge in [0, 0.05) is 31.9 Å². The van der Waals surface area contributed by atoms with Gasteiger partial charge in [-0.1, -0.05) is 31.1 Å². The molecule has 0 saturated carbocycles. The van der Waals surface area contributed by atoms with Crippen LogP contribution in [0.2, 0.25) is 0 Å². The Morgan fingerprint density at radius 1 is 1.31 bits per heavy atom. The Bertz CT molecular complexity index is 687. The first-order valence-electron chi connectivity index (χ1n) is 11.5. The number of hydrogen-bond donors (Lipinski definition) is 1. The molecule has 0 spiro atoms. The lowest BCUT2D eigenvalue weighted by Crippen LogP contribution is -2.36. The normalized spacial score (nSPS) is 20.7. The molecule has 1 amide bonds. The minimum atomic E-state index is 0.165. The molecule has 0 radical (unpaired) electrons. The largest absolute Gasteiger partial charge is 0.352 e. The van der Waals surface area contributed by atoms with Crippen LogP contribution in [0.4, 0.5) is 0 Å². The maximum absolute atomic E-state index is 12.1. The smallest absolute Gasteiger partial charge is 0.220 e. The van der Waals surface area contributed by atoms with E-state index >= 15 is 0 Å². The number of pyridine rings is 1. The maximum atomic E-state index is 12.1. The second-order valence-electron chi connectivity index (χ2n) is 9.71. The average Bonchev–Trinajstić information content (AvgIpc) is 2.71. The van der Waals surface area contributed by atoms with Gasteiger partial charge in [-0.15, -0.1) is 0 Å². The van der Waals surface area contributed by atoms with Gasteiger partial charge in [-0.25, -0.2) is 0 Å². The van der Waals surface area contributed by atoms with Crippen molar-refractivity contribution in [3.63, 3.8) is 0 Å². The van der Waals surface area contributed by atoms with Gasteiger partial charge in [0.15, 0.2) is 0 Å². The zero-order chi connectivity index (χ0) is 20.7. The molecule has 2 aliphatic rings. The molecule has 1 aromatic heterocycles. The highest BCUT2D eigenvalue weighted by Gasteiger charge is 2.28. The van der Waals surface area contributed by atoms with E-state index in [-0.39, 0.29) is 5.91 Å². The molecule has 0 unspecified atom stereocenters. The van der Waals surface area contributed by atoms with Crippen molar-refractivity contribution in [2.75, 3.05) is 19.6 Å². The summed E-state index contributed by atoms with van der Waals surface area (Å²) < 4.78 is 0. The fourth-order valence-electron chi connectivity index (χ4n) is 5.12. The predicted molar refractivity (Wildman–Crippen MR) is 119 cm³/mol. The Hall–Kier alpha value is -1.68. The van der Waals surface area contributed by atoms with Gasteiger partial charge in [0.05, 0.1) is 0 Å².